The molecule has 1 atom stereocenters. The van der Waals surface area contributed by atoms with Gasteiger partial charge < -0.3 is 19.7 Å². The number of esters is 2. The van der Waals surface area contributed by atoms with Crippen molar-refractivity contribution >= 4 is 11.9 Å². The summed E-state index contributed by atoms with van der Waals surface area (Å²) in [5, 5.41) is 16.0. The number of carbonyl (C=O) groups is 2. The van der Waals surface area contributed by atoms with E-state index < -0.39 is 18.0 Å². The smallest absolute Gasteiger partial charge is 0.339 e. The van der Waals surface area contributed by atoms with E-state index in [-0.39, 0.29) is 6.61 Å². The summed E-state index contributed by atoms with van der Waals surface area (Å²) in [6, 6.07) is 6.74. The van der Waals surface area contributed by atoms with Gasteiger partial charge in [-0.1, -0.05) is 90.2 Å². The van der Waals surface area contributed by atoms with Crippen molar-refractivity contribution in [2.45, 2.75) is 104 Å². The van der Waals surface area contributed by atoms with E-state index in [1.807, 2.05) is 0 Å². The van der Waals surface area contributed by atoms with Crippen molar-refractivity contribution in [3.05, 3.63) is 35.4 Å². The number of hydrogen-bond donors (Lipinski definition) is 2. The first-order chi connectivity index (χ1) is 16.0. The average Bonchev–Trinajstić information content (AvgIpc) is 2.83. The number of rotatable bonds is 17. The standard InChI is InChI=1S/C24H38O4.C3H8O2/c1-3-5-7-9-11-15-19-27-23(25)21-17-13-14-18-22(21)24(26)28-20-16-12-10-8-6-4-2;1-3(5)2-4/h13-14,17-18H,3-12,15-16,19-20H2,1-2H3;3-5H,2H2,1H3. The van der Waals surface area contributed by atoms with Gasteiger partial charge in [0.2, 0.25) is 0 Å². The van der Waals surface area contributed by atoms with Crippen LogP contribution in [0.25, 0.3) is 0 Å². The van der Waals surface area contributed by atoms with Gasteiger partial charge in [-0.25, -0.2) is 9.59 Å². The molecule has 0 aliphatic heterocycles. The monoisotopic (exact) mass is 466 g/mol. The molecule has 0 fully saturated rings. The van der Waals surface area contributed by atoms with Crippen LogP contribution in [0, 0.1) is 0 Å². The van der Waals surface area contributed by atoms with E-state index in [0.29, 0.717) is 24.3 Å². The number of unbranched alkanes of at least 4 members (excludes halogenated alkanes) is 10. The molecule has 0 heterocycles. The number of hydrogen-bond acceptors (Lipinski definition) is 6. The van der Waals surface area contributed by atoms with Crippen LogP contribution in [0.2, 0.25) is 0 Å². The van der Waals surface area contributed by atoms with Crippen LogP contribution >= 0.6 is 0 Å². The Morgan fingerprint density at radius 1 is 0.727 bits per heavy atom. The minimum absolute atomic E-state index is 0.139. The lowest BCUT2D eigenvalue weighted by molar-refractivity contribution is 0.0450. The SMILES string of the molecule is CC(O)CO.CCCCCCCCOC(=O)c1ccccc1C(=O)OCCCCCCCC. The minimum atomic E-state index is -0.560. The van der Waals surface area contributed by atoms with Crippen LogP contribution in [0.1, 0.15) is 119 Å². The highest BCUT2D eigenvalue weighted by Gasteiger charge is 2.18. The van der Waals surface area contributed by atoms with Gasteiger partial charge in [-0.3, -0.25) is 0 Å². The number of aliphatic hydroxyl groups is 2. The fourth-order valence-corrected chi connectivity index (χ4v) is 3.09. The number of carbonyl (C=O) groups excluding carboxylic acids is 2. The van der Waals surface area contributed by atoms with Crippen molar-refractivity contribution in [3.8, 4) is 0 Å². The Hall–Kier alpha value is -1.92. The third kappa shape index (κ3) is 17.3. The van der Waals surface area contributed by atoms with Crippen molar-refractivity contribution in [2.24, 2.45) is 0 Å². The summed E-state index contributed by atoms with van der Waals surface area (Å²) in [5.41, 5.74) is 0.586. The zero-order valence-electron chi connectivity index (χ0n) is 21.0. The third-order valence-electron chi connectivity index (χ3n) is 5.09. The zero-order valence-corrected chi connectivity index (χ0v) is 21.0. The molecule has 0 amide bonds. The fraction of sp³-hybridized carbons (Fsp3) is 0.704. The second-order valence-electron chi connectivity index (χ2n) is 8.38. The molecule has 0 aliphatic carbocycles. The molecule has 1 aromatic rings. The third-order valence-corrected chi connectivity index (χ3v) is 5.09. The second-order valence-corrected chi connectivity index (χ2v) is 8.38. The van der Waals surface area contributed by atoms with Crippen molar-refractivity contribution in [1.82, 2.24) is 0 Å². The maximum Gasteiger partial charge on any atom is 0.339 e. The quantitative estimate of drug-likeness (QED) is 0.213. The first kappa shape index (κ1) is 31.1. The highest BCUT2D eigenvalue weighted by molar-refractivity contribution is 6.03. The normalized spacial score (nSPS) is 11.3. The molecule has 0 aromatic heterocycles. The van der Waals surface area contributed by atoms with Gasteiger partial charge in [-0.2, -0.15) is 0 Å². The summed E-state index contributed by atoms with van der Waals surface area (Å²) in [6.45, 7) is 6.56. The Morgan fingerprint density at radius 2 is 1.06 bits per heavy atom. The summed E-state index contributed by atoms with van der Waals surface area (Å²) >= 11 is 0. The summed E-state index contributed by atoms with van der Waals surface area (Å²) in [6.07, 6.45) is 13.1. The molecule has 0 spiro atoms. The number of ether oxygens (including phenoxy) is 2. The van der Waals surface area contributed by atoms with Crippen LogP contribution in [-0.4, -0.2) is 48.1 Å². The molecule has 33 heavy (non-hydrogen) atoms. The van der Waals surface area contributed by atoms with Crippen LogP contribution in [0.5, 0.6) is 0 Å². The van der Waals surface area contributed by atoms with Gasteiger partial charge in [0.1, 0.15) is 0 Å². The van der Waals surface area contributed by atoms with E-state index in [4.69, 9.17) is 19.7 Å². The van der Waals surface area contributed by atoms with E-state index in [2.05, 4.69) is 13.8 Å². The molecule has 1 unspecified atom stereocenters. The molecule has 2 N–H and O–H groups in total. The molecular formula is C27H46O6. The van der Waals surface area contributed by atoms with Gasteiger partial charge in [0.25, 0.3) is 0 Å². The maximum absolute atomic E-state index is 12.4. The van der Waals surface area contributed by atoms with Gasteiger partial charge >= 0.3 is 11.9 Å². The van der Waals surface area contributed by atoms with Crippen molar-refractivity contribution in [3.63, 3.8) is 0 Å². The Kier molecular flexibility index (Phi) is 20.6. The maximum atomic E-state index is 12.4. The molecule has 1 aromatic carbocycles. The summed E-state index contributed by atoms with van der Waals surface area (Å²) in [7, 11) is 0. The average molecular weight is 467 g/mol. The van der Waals surface area contributed by atoms with E-state index in [1.165, 1.54) is 58.3 Å². The Morgan fingerprint density at radius 3 is 1.39 bits per heavy atom. The van der Waals surface area contributed by atoms with Gasteiger partial charge in [-0.05, 0) is 31.9 Å². The summed E-state index contributed by atoms with van der Waals surface area (Å²) in [4.78, 5) is 24.7. The number of benzene rings is 1. The van der Waals surface area contributed by atoms with Crippen LogP contribution in [0.4, 0.5) is 0 Å². The van der Waals surface area contributed by atoms with Gasteiger partial charge in [-0.15, -0.1) is 0 Å². The van der Waals surface area contributed by atoms with Crippen LogP contribution in [0.15, 0.2) is 24.3 Å². The highest BCUT2D eigenvalue weighted by atomic mass is 16.5. The van der Waals surface area contributed by atoms with Crippen molar-refractivity contribution in [1.29, 1.82) is 0 Å². The molecule has 0 saturated carbocycles. The van der Waals surface area contributed by atoms with E-state index >= 15 is 0 Å². The van der Waals surface area contributed by atoms with Crippen molar-refractivity contribution < 1.29 is 29.3 Å². The van der Waals surface area contributed by atoms with E-state index in [1.54, 1.807) is 24.3 Å². The lowest BCUT2D eigenvalue weighted by Gasteiger charge is -2.10. The first-order valence-corrected chi connectivity index (χ1v) is 12.7. The summed E-state index contributed by atoms with van der Waals surface area (Å²) < 4.78 is 10.7. The van der Waals surface area contributed by atoms with Gasteiger partial charge in [0, 0.05) is 0 Å². The minimum Gasteiger partial charge on any atom is -0.462 e. The molecule has 0 bridgehead atoms. The van der Waals surface area contributed by atoms with E-state index in [9.17, 15) is 9.59 Å². The largest absolute Gasteiger partial charge is 0.462 e. The molecule has 190 valence electrons. The van der Waals surface area contributed by atoms with Crippen LogP contribution in [0.3, 0.4) is 0 Å². The predicted octanol–water partition coefficient (Wildman–Crippen LogP) is 6.08. The zero-order chi connectivity index (χ0) is 24.7. The molecule has 0 aliphatic rings. The van der Waals surface area contributed by atoms with E-state index in [0.717, 1.165) is 25.7 Å². The molecule has 6 nitrogen and oxygen atoms in total. The molecule has 0 radical (unpaired) electrons. The lowest BCUT2D eigenvalue weighted by atomic mass is 10.1. The van der Waals surface area contributed by atoms with Crippen LogP contribution in [-0.2, 0) is 9.47 Å². The van der Waals surface area contributed by atoms with Crippen molar-refractivity contribution in [2.75, 3.05) is 19.8 Å². The molecule has 6 heteroatoms. The van der Waals surface area contributed by atoms with Crippen LogP contribution < -0.4 is 0 Å². The topological polar surface area (TPSA) is 93.1 Å². The summed E-state index contributed by atoms with van der Waals surface area (Å²) in [5.74, 6) is -0.888. The Labute approximate surface area is 200 Å². The fourth-order valence-electron chi connectivity index (χ4n) is 3.09. The van der Waals surface area contributed by atoms with Gasteiger partial charge in [0.05, 0.1) is 37.1 Å². The lowest BCUT2D eigenvalue weighted by Crippen LogP contribution is -2.15. The molecule has 1 rings (SSSR count). The Balaban J connectivity index is 0.00000184. The predicted molar refractivity (Wildman–Crippen MR) is 133 cm³/mol. The second kappa shape index (κ2) is 21.9. The van der Waals surface area contributed by atoms with Gasteiger partial charge in [0.15, 0.2) is 0 Å². The highest BCUT2D eigenvalue weighted by Crippen LogP contribution is 2.14. The first-order valence-electron chi connectivity index (χ1n) is 12.7. The molecular weight excluding hydrogens is 420 g/mol. The number of aliphatic hydroxyl groups excluding tert-OH is 2. The Bertz CT molecular complexity index is 565. The molecule has 0 saturated heterocycles.